The van der Waals surface area contributed by atoms with Crippen molar-refractivity contribution in [2.45, 2.75) is 51.2 Å². The lowest BCUT2D eigenvalue weighted by Gasteiger charge is -2.34. The molecule has 0 saturated carbocycles. The summed E-state index contributed by atoms with van der Waals surface area (Å²) in [6.45, 7) is 7.32. The van der Waals surface area contributed by atoms with Gasteiger partial charge in [0.2, 0.25) is 5.91 Å². The van der Waals surface area contributed by atoms with Gasteiger partial charge in [0.15, 0.2) is 0 Å². The first kappa shape index (κ1) is 16.4. The van der Waals surface area contributed by atoms with Gasteiger partial charge in [-0.2, -0.15) is 0 Å². The van der Waals surface area contributed by atoms with Crippen LogP contribution in [0, 0.1) is 0 Å². The predicted molar refractivity (Wildman–Crippen MR) is 85.3 cm³/mol. The Morgan fingerprint density at radius 3 is 2.43 bits per heavy atom. The van der Waals surface area contributed by atoms with Crippen LogP contribution in [0.25, 0.3) is 0 Å². The van der Waals surface area contributed by atoms with Gasteiger partial charge >= 0.3 is 6.03 Å². The second-order valence-electron chi connectivity index (χ2n) is 6.72. The molecule has 0 aromatic carbocycles. The van der Waals surface area contributed by atoms with Crippen molar-refractivity contribution in [3.8, 4) is 0 Å². The third kappa shape index (κ3) is 5.07. The second-order valence-corrected chi connectivity index (χ2v) is 7.75. The molecule has 2 heterocycles. The predicted octanol–water partition coefficient (Wildman–Crippen LogP) is 0.738. The van der Waals surface area contributed by atoms with Crippen LogP contribution in [-0.2, 0) is 4.79 Å². The highest BCUT2D eigenvalue weighted by molar-refractivity contribution is 7.99. The van der Waals surface area contributed by atoms with Crippen molar-refractivity contribution in [2.24, 2.45) is 0 Å². The van der Waals surface area contributed by atoms with Gasteiger partial charge in [-0.15, -0.1) is 11.8 Å². The molecule has 0 bridgehead atoms. The maximum absolute atomic E-state index is 12.1. The van der Waals surface area contributed by atoms with Crippen LogP contribution in [0.15, 0.2) is 0 Å². The molecule has 2 saturated heterocycles. The molecule has 3 N–H and O–H groups in total. The Kier molecular flexibility index (Phi) is 5.37. The zero-order valence-corrected chi connectivity index (χ0v) is 13.9. The number of carbonyl (C=O) groups excluding carboxylic acids is 2. The third-order valence-corrected chi connectivity index (χ3v) is 4.58. The summed E-state index contributed by atoms with van der Waals surface area (Å²) in [6.07, 6.45) is 1.65. The van der Waals surface area contributed by atoms with E-state index >= 15 is 0 Å². The number of amides is 3. The first-order valence-electron chi connectivity index (χ1n) is 7.54. The minimum absolute atomic E-state index is 0.0128. The summed E-state index contributed by atoms with van der Waals surface area (Å²) in [5, 5.41) is 9.25. The Bertz CT molecular complexity index is 383. The number of rotatable bonds is 2. The molecule has 2 fully saturated rings. The molecule has 2 aliphatic heterocycles. The van der Waals surface area contributed by atoms with E-state index in [-0.39, 0.29) is 29.6 Å². The van der Waals surface area contributed by atoms with Gasteiger partial charge in [-0.1, -0.05) is 0 Å². The molecule has 0 aromatic heterocycles. The van der Waals surface area contributed by atoms with Gasteiger partial charge in [0.25, 0.3) is 0 Å². The standard InChI is InChI=1S/C14H26N4O2S/c1-14(2,3)17-13(20)18-6-4-10(5-7-18)16-12(19)11-8-21-9-15-11/h10-11,15H,4-9H2,1-3H3,(H,16,19)(H,17,20). The molecular weight excluding hydrogens is 288 g/mol. The fourth-order valence-electron chi connectivity index (χ4n) is 2.49. The highest BCUT2D eigenvalue weighted by Crippen LogP contribution is 2.14. The number of carbonyl (C=O) groups is 2. The molecule has 120 valence electrons. The van der Waals surface area contributed by atoms with E-state index in [0.29, 0.717) is 13.1 Å². The minimum Gasteiger partial charge on any atom is -0.352 e. The second kappa shape index (κ2) is 6.87. The third-order valence-electron chi connectivity index (χ3n) is 3.64. The molecule has 3 amide bonds. The zero-order chi connectivity index (χ0) is 15.5. The summed E-state index contributed by atoms with van der Waals surface area (Å²) < 4.78 is 0. The van der Waals surface area contributed by atoms with E-state index in [0.717, 1.165) is 24.5 Å². The highest BCUT2D eigenvalue weighted by Gasteiger charge is 2.28. The van der Waals surface area contributed by atoms with Gasteiger partial charge in [0.05, 0.1) is 6.04 Å². The van der Waals surface area contributed by atoms with Crippen LogP contribution in [0.3, 0.4) is 0 Å². The summed E-state index contributed by atoms with van der Waals surface area (Å²) in [7, 11) is 0. The van der Waals surface area contributed by atoms with Crippen LogP contribution < -0.4 is 16.0 Å². The molecule has 6 nitrogen and oxygen atoms in total. The Labute approximate surface area is 130 Å². The normalized spacial score (nSPS) is 24.0. The minimum atomic E-state index is -0.214. The molecule has 0 aliphatic carbocycles. The van der Waals surface area contributed by atoms with E-state index in [1.165, 1.54) is 0 Å². The molecule has 2 rings (SSSR count). The molecule has 7 heteroatoms. The first-order chi connectivity index (χ1) is 9.85. The molecule has 1 unspecified atom stereocenters. The summed E-state index contributed by atoms with van der Waals surface area (Å²) >= 11 is 1.75. The Morgan fingerprint density at radius 2 is 1.90 bits per heavy atom. The van der Waals surface area contributed by atoms with E-state index in [1.54, 1.807) is 11.8 Å². The maximum atomic E-state index is 12.1. The monoisotopic (exact) mass is 314 g/mol. The van der Waals surface area contributed by atoms with Gasteiger partial charge in [-0.05, 0) is 33.6 Å². The quantitative estimate of drug-likeness (QED) is 0.703. The topological polar surface area (TPSA) is 73.5 Å². The van der Waals surface area contributed by atoms with E-state index < -0.39 is 0 Å². The van der Waals surface area contributed by atoms with Gasteiger partial charge in [0, 0.05) is 36.3 Å². The van der Waals surface area contributed by atoms with Gasteiger partial charge in [-0.25, -0.2) is 4.79 Å². The molecule has 0 spiro atoms. The number of piperidine rings is 1. The maximum Gasteiger partial charge on any atom is 0.317 e. The van der Waals surface area contributed by atoms with Crippen LogP contribution in [-0.4, -0.2) is 59.2 Å². The Hall–Kier alpha value is -0.950. The van der Waals surface area contributed by atoms with Crippen molar-refractivity contribution in [2.75, 3.05) is 24.7 Å². The molecule has 0 aromatic rings. The SMILES string of the molecule is CC(C)(C)NC(=O)N1CCC(NC(=O)C2CSCN2)CC1. The number of likely N-dealkylation sites (tertiary alicyclic amines) is 1. The lowest BCUT2D eigenvalue weighted by Crippen LogP contribution is -2.54. The Balaban J connectivity index is 1.72. The highest BCUT2D eigenvalue weighted by atomic mass is 32.2. The van der Waals surface area contributed by atoms with Crippen molar-refractivity contribution in [1.29, 1.82) is 0 Å². The fourth-order valence-corrected chi connectivity index (χ4v) is 3.43. The van der Waals surface area contributed by atoms with E-state index in [1.807, 2.05) is 25.7 Å². The van der Waals surface area contributed by atoms with Crippen molar-refractivity contribution >= 4 is 23.7 Å². The summed E-state index contributed by atoms with van der Waals surface area (Å²) in [6, 6.07) is 0.113. The smallest absolute Gasteiger partial charge is 0.317 e. The lowest BCUT2D eigenvalue weighted by molar-refractivity contribution is -0.123. The van der Waals surface area contributed by atoms with Crippen molar-refractivity contribution in [1.82, 2.24) is 20.9 Å². The van der Waals surface area contributed by atoms with Crippen LogP contribution in [0.1, 0.15) is 33.6 Å². The van der Waals surface area contributed by atoms with Crippen LogP contribution in [0.5, 0.6) is 0 Å². The van der Waals surface area contributed by atoms with Gasteiger partial charge in [-0.3, -0.25) is 10.1 Å². The Morgan fingerprint density at radius 1 is 1.24 bits per heavy atom. The average molecular weight is 314 g/mol. The van der Waals surface area contributed by atoms with Crippen LogP contribution in [0.2, 0.25) is 0 Å². The fraction of sp³-hybridized carbons (Fsp3) is 0.857. The molecule has 21 heavy (non-hydrogen) atoms. The summed E-state index contributed by atoms with van der Waals surface area (Å²) in [5.74, 6) is 1.79. The molecule has 2 aliphatic rings. The lowest BCUT2D eigenvalue weighted by atomic mass is 10.0. The van der Waals surface area contributed by atoms with E-state index in [4.69, 9.17) is 0 Å². The number of thioether (sulfide) groups is 1. The number of nitrogens with zero attached hydrogens (tertiary/aromatic N) is 1. The number of urea groups is 1. The number of hydrogen-bond acceptors (Lipinski definition) is 4. The van der Waals surface area contributed by atoms with Crippen molar-refractivity contribution in [3.63, 3.8) is 0 Å². The summed E-state index contributed by atoms with van der Waals surface area (Å²) in [4.78, 5) is 25.9. The first-order valence-corrected chi connectivity index (χ1v) is 8.69. The van der Waals surface area contributed by atoms with Crippen LogP contribution >= 0.6 is 11.8 Å². The van der Waals surface area contributed by atoms with Crippen molar-refractivity contribution < 1.29 is 9.59 Å². The molecule has 0 radical (unpaired) electrons. The van der Waals surface area contributed by atoms with E-state index in [9.17, 15) is 9.59 Å². The summed E-state index contributed by atoms with van der Waals surface area (Å²) in [5.41, 5.74) is -0.214. The number of hydrogen-bond donors (Lipinski definition) is 3. The molecular formula is C14H26N4O2S. The largest absolute Gasteiger partial charge is 0.352 e. The van der Waals surface area contributed by atoms with Crippen molar-refractivity contribution in [3.05, 3.63) is 0 Å². The molecule has 1 atom stereocenters. The zero-order valence-electron chi connectivity index (χ0n) is 13.1. The van der Waals surface area contributed by atoms with Crippen LogP contribution in [0.4, 0.5) is 4.79 Å². The number of nitrogens with one attached hydrogen (secondary N) is 3. The average Bonchev–Trinajstić information content (AvgIpc) is 2.91. The van der Waals surface area contributed by atoms with E-state index in [2.05, 4.69) is 16.0 Å². The van der Waals surface area contributed by atoms with Gasteiger partial charge in [0.1, 0.15) is 0 Å². The van der Waals surface area contributed by atoms with Gasteiger partial charge < -0.3 is 15.5 Å².